The number of carbonyl (C=O) groups is 1. The molecule has 0 fully saturated rings. The predicted octanol–water partition coefficient (Wildman–Crippen LogP) is 2.31. The van der Waals surface area contributed by atoms with Crippen molar-refractivity contribution in [3.05, 3.63) is 29.8 Å². The van der Waals surface area contributed by atoms with E-state index >= 15 is 0 Å². The fraction of sp³-hybridized carbons (Fsp3) is 0.462. The van der Waals surface area contributed by atoms with E-state index in [-0.39, 0.29) is 24.3 Å². The van der Waals surface area contributed by atoms with Crippen LogP contribution in [0.2, 0.25) is 0 Å². The van der Waals surface area contributed by atoms with E-state index in [1.165, 1.54) is 5.56 Å². The predicted molar refractivity (Wildman–Crippen MR) is 65.5 cm³/mol. The van der Waals surface area contributed by atoms with E-state index in [0.29, 0.717) is 0 Å². The van der Waals surface area contributed by atoms with Crippen molar-refractivity contribution < 1.29 is 9.90 Å². The fourth-order valence-electron chi connectivity index (χ4n) is 1.38. The lowest BCUT2D eigenvalue weighted by Gasteiger charge is -2.19. The molecule has 0 aliphatic carbocycles. The van der Waals surface area contributed by atoms with Gasteiger partial charge in [-0.05, 0) is 23.1 Å². The van der Waals surface area contributed by atoms with Crippen molar-refractivity contribution in [2.75, 3.05) is 11.9 Å². The molecule has 0 aromatic heterocycles. The van der Waals surface area contributed by atoms with Crippen LogP contribution in [0.25, 0.3) is 0 Å². The minimum atomic E-state index is -0.161. The first kappa shape index (κ1) is 12.7. The van der Waals surface area contributed by atoms with Gasteiger partial charge in [-0.15, -0.1) is 0 Å². The molecule has 0 aliphatic rings. The molecule has 0 heterocycles. The Balaban J connectivity index is 2.69. The quantitative estimate of drug-likeness (QED) is 0.822. The molecule has 0 aliphatic heterocycles. The van der Waals surface area contributed by atoms with Crippen LogP contribution in [0.5, 0.6) is 0 Å². The first-order valence-corrected chi connectivity index (χ1v) is 5.45. The van der Waals surface area contributed by atoms with Gasteiger partial charge in [0.2, 0.25) is 5.91 Å². The Morgan fingerprint density at radius 1 is 1.25 bits per heavy atom. The van der Waals surface area contributed by atoms with Crippen molar-refractivity contribution in [3.8, 4) is 0 Å². The molecule has 3 nitrogen and oxygen atoms in total. The molecule has 0 spiro atoms. The molecule has 1 aromatic rings. The second kappa shape index (κ2) is 5.12. The number of hydrogen-bond donors (Lipinski definition) is 2. The second-order valence-corrected chi connectivity index (χ2v) is 4.85. The van der Waals surface area contributed by atoms with Gasteiger partial charge in [-0.1, -0.05) is 32.9 Å². The zero-order valence-corrected chi connectivity index (χ0v) is 10.1. The minimum absolute atomic E-state index is 0.119. The van der Waals surface area contributed by atoms with E-state index in [1.54, 1.807) is 0 Å². The van der Waals surface area contributed by atoms with Gasteiger partial charge in [0.05, 0.1) is 13.0 Å². The Bertz CT molecular complexity index is 349. The molecule has 0 saturated heterocycles. The number of rotatable bonds is 3. The highest BCUT2D eigenvalue weighted by Gasteiger charge is 2.12. The fourth-order valence-corrected chi connectivity index (χ4v) is 1.38. The number of anilines is 1. The van der Waals surface area contributed by atoms with E-state index < -0.39 is 0 Å². The summed E-state index contributed by atoms with van der Waals surface area (Å²) in [6.45, 7) is 6.32. The number of benzene rings is 1. The summed E-state index contributed by atoms with van der Waals surface area (Å²) in [4.78, 5) is 11.2. The summed E-state index contributed by atoms with van der Waals surface area (Å²) in [7, 11) is 0. The van der Waals surface area contributed by atoms with Gasteiger partial charge in [-0.3, -0.25) is 4.79 Å². The number of nitrogens with one attached hydrogen (secondary N) is 1. The standard InChI is InChI=1S/C13H19NO2/c1-13(2,3)10-4-6-11(7-5-10)14-12(16)8-9-15/h4-7,15H,8-9H2,1-3H3,(H,14,16). The SMILES string of the molecule is CC(C)(C)c1ccc(NC(=O)CCO)cc1. The smallest absolute Gasteiger partial charge is 0.226 e. The van der Waals surface area contributed by atoms with Crippen LogP contribution in [-0.2, 0) is 10.2 Å². The van der Waals surface area contributed by atoms with Gasteiger partial charge in [0.25, 0.3) is 0 Å². The third-order valence-corrected chi connectivity index (χ3v) is 2.37. The zero-order valence-electron chi connectivity index (χ0n) is 10.1. The van der Waals surface area contributed by atoms with Gasteiger partial charge in [0, 0.05) is 5.69 Å². The normalized spacial score (nSPS) is 11.2. The molecule has 0 saturated carbocycles. The van der Waals surface area contributed by atoms with Crippen molar-refractivity contribution in [2.45, 2.75) is 32.6 Å². The van der Waals surface area contributed by atoms with Crippen LogP contribution in [0.15, 0.2) is 24.3 Å². The molecule has 0 bridgehead atoms. The van der Waals surface area contributed by atoms with Crippen molar-refractivity contribution in [1.82, 2.24) is 0 Å². The lowest BCUT2D eigenvalue weighted by molar-refractivity contribution is -0.116. The first-order valence-electron chi connectivity index (χ1n) is 5.45. The van der Waals surface area contributed by atoms with Crippen molar-refractivity contribution >= 4 is 11.6 Å². The van der Waals surface area contributed by atoms with Gasteiger partial charge in [0.15, 0.2) is 0 Å². The van der Waals surface area contributed by atoms with E-state index in [0.717, 1.165) is 5.69 Å². The van der Waals surface area contributed by atoms with Gasteiger partial charge in [-0.2, -0.15) is 0 Å². The molecule has 0 unspecified atom stereocenters. The molecular formula is C13H19NO2. The Morgan fingerprint density at radius 3 is 2.25 bits per heavy atom. The number of hydrogen-bond acceptors (Lipinski definition) is 2. The molecule has 0 atom stereocenters. The molecule has 0 radical (unpaired) electrons. The minimum Gasteiger partial charge on any atom is -0.396 e. The molecule has 1 amide bonds. The largest absolute Gasteiger partial charge is 0.396 e. The summed E-state index contributed by atoms with van der Waals surface area (Å²) in [5.41, 5.74) is 2.12. The third kappa shape index (κ3) is 3.66. The van der Waals surface area contributed by atoms with Crippen LogP contribution in [0.4, 0.5) is 5.69 Å². The third-order valence-electron chi connectivity index (χ3n) is 2.37. The van der Waals surface area contributed by atoms with Gasteiger partial charge >= 0.3 is 0 Å². The summed E-state index contributed by atoms with van der Waals surface area (Å²) < 4.78 is 0. The van der Waals surface area contributed by atoms with Crippen LogP contribution >= 0.6 is 0 Å². The average Bonchev–Trinajstić information content (AvgIpc) is 2.17. The van der Waals surface area contributed by atoms with Crippen LogP contribution in [-0.4, -0.2) is 17.6 Å². The number of carbonyl (C=O) groups excluding carboxylic acids is 1. The molecule has 3 heteroatoms. The van der Waals surface area contributed by atoms with Gasteiger partial charge in [-0.25, -0.2) is 0 Å². The topological polar surface area (TPSA) is 49.3 Å². The second-order valence-electron chi connectivity index (χ2n) is 4.85. The maximum Gasteiger partial charge on any atom is 0.226 e. The number of aliphatic hydroxyl groups excluding tert-OH is 1. The van der Waals surface area contributed by atoms with E-state index in [4.69, 9.17) is 5.11 Å². The highest BCUT2D eigenvalue weighted by molar-refractivity contribution is 5.90. The van der Waals surface area contributed by atoms with Gasteiger partial charge in [0.1, 0.15) is 0 Å². The maximum absolute atomic E-state index is 11.2. The molecule has 1 rings (SSSR count). The summed E-state index contributed by atoms with van der Waals surface area (Å²) in [5.74, 6) is -0.161. The molecule has 2 N–H and O–H groups in total. The zero-order chi connectivity index (χ0) is 12.2. The van der Waals surface area contributed by atoms with Crippen LogP contribution in [0.3, 0.4) is 0 Å². The maximum atomic E-state index is 11.2. The summed E-state index contributed by atoms with van der Waals surface area (Å²) in [6, 6.07) is 7.79. The first-order chi connectivity index (χ1) is 7.43. The van der Waals surface area contributed by atoms with E-state index in [1.807, 2.05) is 24.3 Å². The summed E-state index contributed by atoms with van der Waals surface area (Å²) in [5, 5.41) is 11.3. The summed E-state index contributed by atoms with van der Waals surface area (Å²) in [6.07, 6.45) is 0.140. The highest BCUT2D eigenvalue weighted by Crippen LogP contribution is 2.23. The summed E-state index contributed by atoms with van der Waals surface area (Å²) >= 11 is 0. The van der Waals surface area contributed by atoms with Crippen molar-refractivity contribution in [1.29, 1.82) is 0 Å². The van der Waals surface area contributed by atoms with E-state index in [2.05, 4.69) is 26.1 Å². The lowest BCUT2D eigenvalue weighted by atomic mass is 9.87. The number of amides is 1. The van der Waals surface area contributed by atoms with Crippen molar-refractivity contribution in [3.63, 3.8) is 0 Å². The van der Waals surface area contributed by atoms with Crippen LogP contribution < -0.4 is 5.32 Å². The molecule has 88 valence electrons. The highest BCUT2D eigenvalue weighted by atomic mass is 16.3. The van der Waals surface area contributed by atoms with Crippen LogP contribution in [0, 0.1) is 0 Å². The van der Waals surface area contributed by atoms with Gasteiger partial charge < -0.3 is 10.4 Å². The number of aliphatic hydroxyl groups is 1. The molecule has 1 aromatic carbocycles. The van der Waals surface area contributed by atoms with Crippen molar-refractivity contribution in [2.24, 2.45) is 0 Å². The lowest BCUT2D eigenvalue weighted by Crippen LogP contribution is -2.14. The monoisotopic (exact) mass is 221 g/mol. The molecular weight excluding hydrogens is 202 g/mol. The Hall–Kier alpha value is -1.35. The van der Waals surface area contributed by atoms with Crippen LogP contribution in [0.1, 0.15) is 32.8 Å². The Labute approximate surface area is 96.5 Å². The Kier molecular flexibility index (Phi) is 4.07. The average molecular weight is 221 g/mol. The Morgan fingerprint density at radius 2 is 1.81 bits per heavy atom. The molecule has 16 heavy (non-hydrogen) atoms. The van der Waals surface area contributed by atoms with E-state index in [9.17, 15) is 4.79 Å².